The first-order valence-corrected chi connectivity index (χ1v) is 10.6. The number of fused-ring (bicyclic) bond motifs is 1. The molecule has 1 N–H and O–H groups in total. The highest BCUT2D eigenvalue weighted by atomic mass is 79.9. The summed E-state index contributed by atoms with van der Waals surface area (Å²) in [6.45, 7) is 11.1. The first-order chi connectivity index (χ1) is 11.0. The van der Waals surface area contributed by atoms with Crippen LogP contribution in [0, 0.1) is 5.41 Å². The number of sulfonamides is 1. The van der Waals surface area contributed by atoms with Crippen molar-refractivity contribution in [2.24, 2.45) is 5.41 Å². The van der Waals surface area contributed by atoms with Crippen LogP contribution >= 0.6 is 15.9 Å². The molecule has 0 aliphatic heterocycles. The van der Waals surface area contributed by atoms with Crippen molar-refractivity contribution in [2.75, 3.05) is 6.54 Å². The van der Waals surface area contributed by atoms with Gasteiger partial charge in [0.2, 0.25) is 10.0 Å². The van der Waals surface area contributed by atoms with Crippen molar-refractivity contribution in [3.63, 3.8) is 0 Å². The van der Waals surface area contributed by atoms with Gasteiger partial charge in [-0.05, 0) is 49.4 Å². The quantitative estimate of drug-likeness (QED) is 0.764. The summed E-state index contributed by atoms with van der Waals surface area (Å²) in [6.07, 6.45) is 3.14. The number of rotatable bonds is 6. The van der Waals surface area contributed by atoms with Crippen molar-refractivity contribution in [2.45, 2.75) is 52.8 Å². The van der Waals surface area contributed by atoms with Gasteiger partial charge in [0.25, 0.3) is 0 Å². The molecule has 0 radical (unpaired) electrons. The van der Waals surface area contributed by atoms with Crippen LogP contribution in [0.2, 0.25) is 0 Å². The van der Waals surface area contributed by atoms with E-state index >= 15 is 0 Å². The Balaban J connectivity index is 2.27. The largest absolute Gasteiger partial charge is 0.346 e. The summed E-state index contributed by atoms with van der Waals surface area (Å²) in [5.41, 5.74) is 2.63. The third-order valence-corrected chi connectivity index (χ3v) is 6.26. The number of benzene rings is 1. The summed E-state index contributed by atoms with van der Waals surface area (Å²) in [5, 5.41) is 0.817. The minimum atomic E-state index is -3.22. The highest BCUT2D eigenvalue weighted by molar-refractivity contribution is 9.10. The average Bonchev–Trinajstić information content (AvgIpc) is 2.74. The van der Waals surface area contributed by atoms with Crippen molar-refractivity contribution in [1.82, 2.24) is 9.29 Å². The van der Waals surface area contributed by atoms with Crippen LogP contribution in [0.4, 0.5) is 0 Å². The van der Waals surface area contributed by atoms with Gasteiger partial charge in [-0.25, -0.2) is 13.1 Å². The van der Waals surface area contributed by atoms with Crippen molar-refractivity contribution >= 4 is 36.9 Å². The van der Waals surface area contributed by atoms with Gasteiger partial charge in [0.15, 0.2) is 0 Å². The zero-order valence-corrected chi connectivity index (χ0v) is 17.5. The van der Waals surface area contributed by atoms with Crippen LogP contribution in [0.1, 0.15) is 40.2 Å². The van der Waals surface area contributed by atoms with Crippen molar-refractivity contribution in [3.05, 3.63) is 34.4 Å². The number of aromatic nitrogens is 1. The van der Waals surface area contributed by atoms with Gasteiger partial charge in [-0.1, -0.05) is 36.7 Å². The Morgan fingerprint density at radius 3 is 2.50 bits per heavy atom. The van der Waals surface area contributed by atoms with Crippen LogP contribution in [0.5, 0.6) is 0 Å². The topological polar surface area (TPSA) is 51.1 Å². The van der Waals surface area contributed by atoms with Gasteiger partial charge in [0.1, 0.15) is 0 Å². The molecule has 1 aromatic heterocycles. The Hall–Kier alpha value is -0.850. The minimum Gasteiger partial charge on any atom is -0.346 e. The lowest BCUT2D eigenvalue weighted by Gasteiger charge is -2.17. The molecule has 0 atom stereocenters. The molecule has 6 heteroatoms. The lowest BCUT2D eigenvalue weighted by molar-refractivity contribution is 0.412. The highest BCUT2D eigenvalue weighted by Gasteiger charge is 2.18. The molecule has 0 aliphatic carbocycles. The SMILES string of the molecule is CC(C)S(=O)(=O)NCCn1cc(CC(C)(C)C)c2cc(Br)ccc21. The Bertz CT molecular complexity index is 817. The molecule has 2 rings (SSSR count). The van der Waals surface area contributed by atoms with Gasteiger partial charge >= 0.3 is 0 Å². The van der Waals surface area contributed by atoms with E-state index in [0.29, 0.717) is 13.1 Å². The summed E-state index contributed by atoms with van der Waals surface area (Å²) >= 11 is 3.55. The Morgan fingerprint density at radius 2 is 1.92 bits per heavy atom. The Kier molecular flexibility index (Phi) is 5.83. The monoisotopic (exact) mass is 414 g/mol. The second kappa shape index (κ2) is 7.18. The van der Waals surface area contributed by atoms with Gasteiger partial charge in [-0.15, -0.1) is 0 Å². The van der Waals surface area contributed by atoms with E-state index in [2.05, 4.69) is 64.3 Å². The van der Waals surface area contributed by atoms with E-state index in [1.54, 1.807) is 13.8 Å². The predicted octanol–water partition coefficient (Wildman–Crippen LogP) is 4.32. The molecule has 0 saturated carbocycles. The predicted molar refractivity (Wildman–Crippen MR) is 105 cm³/mol. The molecule has 134 valence electrons. The number of halogens is 1. The fraction of sp³-hybridized carbons (Fsp3) is 0.556. The fourth-order valence-corrected chi connectivity index (χ4v) is 3.79. The second-order valence-electron chi connectivity index (χ2n) is 7.73. The summed E-state index contributed by atoms with van der Waals surface area (Å²) < 4.78 is 29.7. The molecule has 0 aliphatic rings. The van der Waals surface area contributed by atoms with Gasteiger partial charge in [-0.2, -0.15) is 0 Å². The van der Waals surface area contributed by atoms with Gasteiger partial charge < -0.3 is 4.57 Å². The molecule has 0 saturated heterocycles. The van der Waals surface area contributed by atoms with Crippen LogP contribution in [0.25, 0.3) is 10.9 Å². The van der Waals surface area contributed by atoms with Crippen molar-refractivity contribution < 1.29 is 8.42 Å². The molecule has 0 amide bonds. The summed E-state index contributed by atoms with van der Waals surface area (Å²) in [4.78, 5) is 0. The van der Waals surface area contributed by atoms with Crippen LogP contribution in [-0.2, 0) is 23.0 Å². The standard InChI is InChI=1S/C18H27BrN2O2S/c1-13(2)24(22,23)20-8-9-21-12-14(11-18(3,4)5)16-10-15(19)6-7-17(16)21/h6-7,10,12-13,20H,8-9,11H2,1-5H3. The van der Waals surface area contributed by atoms with E-state index in [0.717, 1.165) is 16.4 Å². The third-order valence-electron chi connectivity index (χ3n) is 3.92. The molecule has 0 unspecified atom stereocenters. The Morgan fingerprint density at radius 1 is 1.25 bits per heavy atom. The maximum atomic E-state index is 11.9. The highest BCUT2D eigenvalue weighted by Crippen LogP contribution is 2.30. The Labute approximate surface area is 153 Å². The fourth-order valence-electron chi connectivity index (χ4n) is 2.72. The molecule has 4 nitrogen and oxygen atoms in total. The van der Waals surface area contributed by atoms with Crippen LogP contribution in [-0.4, -0.2) is 24.8 Å². The van der Waals surface area contributed by atoms with Crippen LogP contribution < -0.4 is 4.72 Å². The van der Waals surface area contributed by atoms with Crippen molar-refractivity contribution in [1.29, 1.82) is 0 Å². The molecule has 24 heavy (non-hydrogen) atoms. The van der Waals surface area contributed by atoms with Crippen LogP contribution in [0.3, 0.4) is 0 Å². The van der Waals surface area contributed by atoms with Crippen molar-refractivity contribution in [3.8, 4) is 0 Å². The van der Waals surface area contributed by atoms with E-state index in [9.17, 15) is 8.42 Å². The van der Waals surface area contributed by atoms with E-state index in [1.165, 1.54) is 10.9 Å². The molecule has 1 aromatic carbocycles. The van der Waals surface area contributed by atoms with E-state index < -0.39 is 15.3 Å². The molecule has 2 aromatic rings. The van der Waals surface area contributed by atoms with Crippen LogP contribution in [0.15, 0.2) is 28.9 Å². The number of nitrogens with zero attached hydrogens (tertiary/aromatic N) is 1. The molecular formula is C18H27BrN2O2S. The summed E-state index contributed by atoms with van der Waals surface area (Å²) in [5.74, 6) is 0. The van der Waals surface area contributed by atoms with E-state index in [-0.39, 0.29) is 5.41 Å². The van der Waals surface area contributed by atoms with E-state index in [1.807, 2.05) is 6.07 Å². The van der Waals surface area contributed by atoms with Gasteiger partial charge in [-0.3, -0.25) is 0 Å². The summed E-state index contributed by atoms with van der Waals surface area (Å²) in [6, 6.07) is 6.26. The molecular weight excluding hydrogens is 388 g/mol. The number of nitrogens with one attached hydrogen (secondary N) is 1. The third kappa shape index (κ3) is 4.83. The zero-order chi connectivity index (χ0) is 18.1. The molecule has 0 fully saturated rings. The number of hydrogen-bond donors (Lipinski definition) is 1. The molecule has 0 bridgehead atoms. The smallest absolute Gasteiger partial charge is 0.213 e. The van der Waals surface area contributed by atoms with E-state index in [4.69, 9.17) is 0 Å². The lowest BCUT2D eigenvalue weighted by atomic mass is 9.88. The average molecular weight is 415 g/mol. The normalized spacial score (nSPS) is 13.1. The van der Waals surface area contributed by atoms with Gasteiger partial charge in [0.05, 0.1) is 5.25 Å². The number of hydrogen-bond acceptors (Lipinski definition) is 2. The van der Waals surface area contributed by atoms with Gasteiger partial charge in [0, 0.05) is 34.7 Å². The maximum Gasteiger partial charge on any atom is 0.213 e. The minimum absolute atomic E-state index is 0.195. The zero-order valence-electron chi connectivity index (χ0n) is 15.1. The molecule has 0 spiro atoms. The lowest BCUT2D eigenvalue weighted by Crippen LogP contribution is -2.33. The molecule has 1 heterocycles. The second-order valence-corrected chi connectivity index (χ2v) is 11.0. The summed E-state index contributed by atoms with van der Waals surface area (Å²) in [7, 11) is -3.22. The first-order valence-electron chi connectivity index (χ1n) is 8.25. The first kappa shape index (κ1) is 19.5. The maximum absolute atomic E-state index is 11.9.